The smallest absolute Gasteiger partial charge is 0.291 e. The van der Waals surface area contributed by atoms with Crippen molar-refractivity contribution in [1.29, 1.82) is 0 Å². The Labute approximate surface area is 199 Å². The average Bonchev–Trinajstić information content (AvgIpc) is 3.28. The minimum atomic E-state index is -2.31. The zero-order valence-electron chi connectivity index (χ0n) is 16.9. The van der Waals surface area contributed by atoms with Crippen LogP contribution < -0.4 is 10.9 Å². The maximum absolute atomic E-state index is 13.9. The molecule has 3 aromatic rings. The van der Waals surface area contributed by atoms with Gasteiger partial charge in [0.1, 0.15) is 5.69 Å². The quantitative estimate of drug-likeness (QED) is 0.187. The van der Waals surface area contributed by atoms with E-state index in [1.54, 1.807) is 54.0 Å². The maximum atomic E-state index is 13.9. The largest absolute Gasteiger partial charge is 0.356 e. The molecule has 3 aromatic carbocycles. The van der Waals surface area contributed by atoms with Crippen molar-refractivity contribution < 1.29 is 26.7 Å². The molecule has 0 saturated heterocycles. The highest BCUT2D eigenvalue weighted by Crippen LogP contribution is 2.31. The number of halogens is 7. The second-order valence-electron chi connectivity index (χ2n) is 7.18. The fraction of sp³-hybridized carbons (Fsp3) is 0.0909. The van der Waals surface area contributed by atoms with Crippen LogP contribution in [0.2, 0.25) is 10.0 Å². The number of hydrogen-bond acceptors (Lipinski definition) is 3. The molecular formula is C22H13Cl2F5N4O. The molecule has 2 N–H and O–H groups in total. The molecule has 0 aliphatic carbocycles. The topological polar surface area (TPSA) is 56.7 Å². The minimum absolute atomic E-state index is 0.0181. The number of anilines is 1. The first kappa shape index (κ1) is 23.8. The van der Waals surface area contributed by atoms with Crippen molar-refractivity contribution in [1.82, 2.24) is 10.4 Å². The molecule has 1 aliphatic heterocycles. The molecule has 2 amide bonds. The number of amides is 2. The summed E-state index contributed by atoms with van der Waals surface area (Å²) in [5.74, 6) is -11.3. The lowest BCUT2D eigenvalue weighted by Crippen LogP contribution is -2.40. The number of rotatable bonds is 4. The highest BCUT2D eigenvalue weighted by atomic mass is 35.5. The summed E-state index contributed by atoms with van der Waals surface area (Å²) >= 11 is 11.9. The van der Waals surface area contributed by atoms with Gasteiger partial charge in [-0.2, -0.15) is 5.10 Å². The molecule has 176 valence electrons. The number of nitrogens with zero attached hydrogens (tertiary/aromatic N) is 2. The summed E-state index contributed by atoms with van der Waals surface area (Å²) in [6, 6.07) is 12.6. The van der Waals surface area contributed by atoms with Crippen LogP contribution in [0.4, 0.5) is 32.4 Å². The highest BCUT2D eigenvalue weighted by Gasteiger charge is 2.33. The minimum Gasteiger partial charge on any atom is -0.291 e. The van der Waals surface area contributed by atoms with E-state index in [0.717, 1.165) is 10.6 Å². The number of carbonyl (C=O) groups is 1. The number of nitrogens with one attached hydrogen (secondary N) is 2. The van der Waals surface area contributed by atoms with Crippen molar-refractivity contribution in [2.45, 2.75) is 5.92 Å². The Morgan fingerprint density at radius 2 is 1.32 bits per heavy atom. The van der Waals surface area contributed by atoms with E-state index in [1.807, 2.05) is 5.43 Å². The van der Waals surface area contributed by atoms with Gasteiger partial charge in [0.2, 0.25) is 5.82 Å². The zero-order valence-corrected chi connectivity index (χ0v) is 18.4. The third-order valence-corrected chi connectivity index (χ3v) is 5.57. The molecule has 34 heavy (non-hydrogen) atoms. The molecule has 12 heteroatoms. The van der Waals surface area contributed by atoms with Crippen LogP contribution in [0.5, 0.6) is 0 Å². The lowest BCUT2D eigenvalue weighted by Gasteiger charge is -2.17. The third-order valence-electron chi connectivity index (χ3n) is 5.07. The first-order valence-electron chi connectivity index (χ1n) is 9.62. The van der Waals surface area contributed by atoms with E-state index in [4.69, 9.17) is 23.2 Å². The molecule has 0 fully saturated rings. The monoisotopic (exact) mass is 514 g/mol. The van der Waals surface area contributed by atoms with Gasteiger partial charge in [0, 0.05) is 16.0 Å². The van der Waals surface area contributed by atoms with Crippen molar-refractivity contribution in [3.05, 3.63) is 98.8 Å². The molecule has 0 aromatic heterocycles. The van der Waals surface area contributed by atoms with Crippen molar-refractivity contribution in [3.63, 3.8) is 0 Å². The summed E-state index contributed by atoms with van der Waals surface area (Å²) in [7, 11) is 0. The number of hydrazone groups is 1. The average molecular weight is 515 g/mol. The van der Waals surface area contributed by atoms with E-state index >= 15 is 0 Å². The van der Waals surface area contributed by atoms with Gasteiger partial charge in [-0.3, -0.25) is 5.43 Å². The van der Waals surface area contributed by atoms with E-state index in [1.165, 1.54) is 0 Å². The molecule has 0 spiro atoms. The molecule has 1 unspecified atom stereocenters. The SMILES string of the molecule is O=C(NNc1c(F)c(F)c(F)c(F)c1F)N1CC(c2ccc(Cl)cc2)C(c2ccc(Cl)cc2)=N1. The predicted octanol–water partition coefficient (Wildman–Crippen LogP) is 6.23. The Morgan fingerprint density at radius 3 is 1.88 bits per heavy atom. The van der Waals surface area contributed by atoms with Crippen LogP contribution in [-0.4, -0.2) is 23.3 Å². The molecule has 0 radical (unpaired) electrons. The lowest BCUT2D eigenvalue weighted by atomic mass is 9.91. The number of hydrazine groups is 1. The molecule has 1 aliphatic rings. The predicted molar refractivity (Wildman–Crippen MR) is 117 cm³/mol. The summed E-state index contributed by atoms with van der Waals surface area (Å²) in [6.45, 7) is 0.0181. The number of hydrogen-bond donors (Lipinski definition) is 2. The molecule has 1 atom stereocenters. The van der Waals surface area contributed by atoms with Crippen molar-refractivity contribution in [2.75, 3.05) is 12.0 Å². The summed E-state index contributed by atoms with van der Waals surface area (Å²) in [6.07, 6.45) is 0. The molecular weight excluding hydrogens is 502 g/mol. The van der Waals surface area contributed by atoms with Crippen molar-refractivity contribution in [3.8, 4) is 0 Å². The van der Waals surface area contributed by atoms with Crippen LogP contribution >= 0.6 is 23.2 Å². The molecule has 1 heterocycles. The summed E-state index contributed by atoms with van der Waals surface area (Å²) < 4.78 is 67.7. The zero-order chi connectivity index (χ0) is 24.6. The summed E-state index contributed by atoms with van der Waals surface area (Å²) in [4.78, 5) is 12.6. The second-order valence-corrected chi connectivity index (χ2v) is 8.05. The van der Waals surface area contributed by atoms with Crippen molar-refractivity contribution in [2.24, 2.45) is 5.10 Å². The first-order valence-corrected chi connectivity index (χ1v) is 10.4. The summed E-state index contributed by atoms with van der Waals surface area (Å²) in [5.41, 5.74) is 4.19. The molecule has 0 bridgehead atoms. The highest BCUT2D eigenvalue weighted by molar-refractivity contribution is 6.31. The fourth-order valence-corrected chi connectivity index (χ4v) is 3.61. The van der Waals surface area contributed by atoms with E-state index in [2.05, 4.69) is 5.10 Å². The molecule has 4 rings (SSSR count). The number of benzene rings is 3. The molecule has 5 nitrogen and oxygen atoms in total. The van der Waals surface area contributed by atoms with Gasteiger partial charge >= 0.3 is 6.03 Å². The Kier molecular flexibility index (Phi) is 6.63. The van der Waals surface area contributed by atoms with Gasteiger partial charge in [-0.05, 0) is 35.4 Å². The van der Waals surface area contributed by atoms with E-state index in [-0.39, 0.29) is 6.54 Å². The van der Waals surface area contributed by atoms with Gasteiger partial charge in [-0.1, -0.05) is 47.5 Å². The van der Waals surface area contributed by atoms with Crippen LogP contribution in [0.3, 0.4) is 0 Å². The van der Waals surface area contributed by atoms with Crippen LogP contribution in [-0.2, 0) is 0 Å². The van der Waals surface area contributed by atoms with Crippen LogP contribution in [0.25, 0.3) is 0 Å². The maximum Gasteiger partial charge on any atom is 0.356 e. The van der Waals surface area contributed by atoms with Gasteiger partial charge in [0.15, 0.2) is 23.3 Å². The van der Waals surface area contributed by atoms with E-state index in [9.17, 15) is 26.7 Å². The fourth-order valence-electron chi connectivity index (χ4n) is 3.36. The second kappa shape index (κ2) is 9.47. The summed E-state index contributed by atoms with van der Waals surface area (Å²) in [5, 5.41) is 6.26. The van der Waals surface area contributed by atoms with Gasteiger partial charge in [0.05, 0.1) is 12.3 Å². The third kappa shape index (κ3) is 4.51. The Hall–Kier alpha value is -3.37. The normalized spacial score (nSPS) is 15.3. The Bertz CT molecular complexity index is 1260. The lowest BCUT2D eigenvalue weighted by molar-refractivity contribution is 0.206. The Balaban J connectivity index is 1.60. The standard InChI is InChI=1S/C22H13Cl2F5N4O/c23-12-5-1-10(2-6-12)14-9-33(32-20(14)11-3-7-13(24)8-4-11)22(34)31-30-21-18(28)16(26)15(25)17(27)19(21)29/h1-8,14,30H,9H2,(H,31,34). The van der Waals surface area contributed by atoms with E-state index < -0.39 is 46.7 Å². The van der Waals surface area contributed by atoms with Crippen LogP contribution in [0.1, 0.15) is 17.0 Å². The van der Waals surface area contributed by atoms with Gasteiger partial charge in [0.25, 0.3) is 0 Å². The Morgan fingerprint density at radius 1 is 0.824 bits per heavy atom. The molecule has 0 saturated carbocycles. The first-order chi connectivity index (χ1) is 16.2. The van der Waals surface area contributed by atoms with Crippen molar-refractivity contribution >= 4 is 40.6 Å². The van der Waals surface area contributed by atoms with Gasteiger partial charge in [-0.15, -0.1) is 0 Å². The number of urea groups is 1. The number of carbonyl (C=O) groups excluding carboxylic acids is 1. The van der Waals surface area contributed by atoms with Crippen LogP contribution in [0, 0.1) is 29.1 Å². The van der Waals surface area contributed by atoms with Crippen LogP contribution in [0.15, 0.2) is 53.6 Å². The van der Waals surface area contributed by atoms with Gasteiger partial charge < -0.3 is 0 Å². The van der Waals surface area contributed by atoms with E-state index in [0.29, 0.717) is 21.3 Å². The van der Waals surface area contributed by atoms with Gasteiger partial charge in [-0.25, -0.2) is 37.2 Å².